The Morgan fingerprint density at radius 3 is 2.16 bits per heavy atom. The van der Waals surface area contributed by atoms with Crippen molar-refractivity contribution in [2.24, 2.45) is 5.92 Å². The lowest BCUT2D eigenvalue weighted by Gasteiger charge is -2.29. The Bertz CT molecular complexity index is 233. The Labute approximate surface area is 119 Å². The molecule has 0 radical (unpaired) electrons. The Morgan fingerprint density at radius 1 is 0.947 bits per heavy atom. The average Bonchev–Trinajstić information content (AvgIpc) is 2.46. The zero-order valence-corrected chi connectivity index (χ0v) is 13.1. The van der Waals surface area contributed by atoms with Crippen molar-refractivity contribution in [1.82, 2.24) is 4.90 Å². The molecular formula is C17H33NO. The summed E-state index contributed by atoms with van der Waals surface area (Å²) in [5.41, 5.74) is 0. The Morgan fingerprint density at radius 2 is 1.53 bits per heavy atom. The highest BCUT2D eigenvalue weighted by Crippen LogP contribution is 2.17. The molecule has 0 aromatic rings. The van der Waals surface area contributed by atoms with Gasteiger partial charge in [-0.15, -0.1) is 0 Å². The third-order valence-corrected chi connectivity index (χ3v) is 4.33. The number of carbonyl (C=O) groups is 1. The molecule has 2 heteroatoms. The van der Waals surface area contributed by atoms with Gasteiger partial charge in [0.05, 0.1) is 0 Å². The maximum atomic E-state index is 12.2. The molecule has 1 amide bonds. The van der Waals surface area contributed by atoms with Crippen LogP contribution in [0.1, 0.15) is 84.5 Å². The molecule has 0 bridgehead atoms. The molecule has 0 spiro atoms. The zero-order valence-electron chi connectivity index (χ0n) is 13.1. The van der Waals surface area contributed by atoms with Gasteiger partial charge in [-0.05, 0) is 25.7 Å². The van der Waals surface area contributed by atoms with Gasteiger partial charge in [-0.3, -0.25) is 4.79 Å². The van der Waals surface area contributed by atoms with Gasteiger partial charge in [-0.25, -0.2) is 0 Å². The summed E-state index contributed by atoms with van der Waals surface area (Å²) in [5.74, 6) is 0.652. The van der Waals surface area contributed by atoms with E-state index in [2.05, 4.69) is 18.7 Å². The molecule has 0 N–H and O–H groups in total. The Kier molecular flexibility index (Phi) is 8.94. The first-order valence-corrected chi connectivity index (χ1v) is 8.54. The molecule has 0 aliphatic carbocycles. The van der Waals surface area contributed by atoms with E-state index in [1.165, 1.54) is 64.2 Å². The molecule has 1 saturated heterocycles. The van der Waals surface area contributed by atoms with Gasteiger partial charge in [0, 0.05) is 19.0 Å². The van der Waals surface area contributed by atoms with Crippen LogP contribution in [0.3, 0.4) is 0 Å². The van der Waals surface area contributed by atoms with Gasteiger partial charge in [-0.1, -0.05) is 58.8 Å². The topological polar surface area (TPSA) is 20.3 Å². The lowest BCUT2D eigenvalue weighted by Crippen LogP contribution is -2.38. The summed E-state index contributed by atoms with van der Waals surface area (Å²) in [6.45, 7) is 6.38. The highest BCUT2D eigenvalue weighted by Gasteiger charge is 2.21. The smallest absolute Gasteiger partial charge is 0.225 e. The fourth-order valence-electron chi connectivity index (χ4n) is 2.96. The molecule has 2 nitrogen and oxygen atoms in total. The van der Waals surface area contributed by atoms with E-state index < -0.39 is 0 Å². The highest BCUT2D eigenvalue weighted by atomic mass is 16.2. The standard InChI is InChI=1S/C17H33NO/c1-3-4-5-6-7-8-10-13-16(2)17(19)18-14-11-9-12-15-18/h16H,3-15H2,1-2H3. The van der Waals surface area contributed by atoms with Crippen molar-refractivity contribution in [3.8, 4) is 0 Å². The van der Waals surface area contributed by atoms with Crippen LogP contribution in [0.25, 0.3) is 0 Å². The van der Waals surface area contributed by atoms with Crippen LogP contribution in [-0.4, -0.2) is 23.9 Å². The molecule has 1 atom stereocenters. The minimum Gasteiger partial charge on any atom is -0.342 e. The summed E-state index contributed by atoms with van der Waals surface area (Å²) in [7, 11) is 0. The van der Waals surface area contributed by atoms with Crippen LogP contribution in [0.15, 0.2) is 0 Å². The quantitative estimate of drug-likeness (QED) is 0.551. The first kappa shape index (κ1) is 16.5. The summed E-state index contributed by atoms with van der Waals surface area (Å²) in [5, 5.41) is 0. The largest absolute Gasteiger partial charge is 0.342 e. The third-order valence-electron chi connectivity index (χ3n) is 4.33. The van der Waals surface area contributed by atoms with E-state index >= 15 is 0 Å². The van der Waals surface area contributed by atoms with E-state index in [1.54, 1.807) is 0 Å². The van der Waals surface area contributed by atoms with E-state index in [0.717, 1.165) is 19.5 Å². The molecule has 0 saturated carbocycles. The summed E-state index contributed by atoms with van der Waals surface area (Å²) < 4.78 is 0. The molecule has 1 aliphatic rings. The Balaban J connectivity index is 2.03. The normalized spacial score (nSPS) is 17.5. The van der Waals surface area contributed by atoms with Crippen molar-refractivity contribution in [2.75, 3.05) is 13.1 Å². The third kappa shape index (κ3) is 6.98. The Hall–Kier alpha value is -0.530. The van der Waals surface area contributed by atoms with Crippen LogP contribution >= 0.6 is 0 Å². The lowest BCUT2D eigenvalue weighted by molar-refractivity contribution is -0.136. The second kappa shape index (κ2) is 10.3. The first-order valence-electron chi connectivity index (χ1n) is 8.54. The van der Waals surface area contributed by atoms with Crippen molar-refractivity contribution in [2.45, 2.75) is 84.5 Å². The molecule has 19 heavy (non-hydrogen) atoms. The number of piperidine rings is 1. The van der Waals surface area contributed by atoms with Gasteiger partial charge >= 0.3 is 0 Å². The number of likely N-dealkylation sites (tertiary alicyclic amines) is 1. The number of amides is 1. The highest BCUT2D eigenvalue weighted by molar-refractivity contribution is 5.78. The van der Waals surface area contributed by atoms with Crippen molar-refractivity contribution in [1.29, 1.82) is 0 Å². The monoisotopic (exact) mass is 267 g/mol. The molecule has 1 fully saturated rings. The van der Waals surface area contributed by atoms with Gasteiger partial charge < -0.3 is 4.90 Å². The van der Waals surface area contributed by atoms with Crippen molar-refractivity contribution in [3.63, 3.8) is 0 Å². The first-order chi connectivity index (χ1) is 9.25. The van der Waals surface area contributed by atoms with Gasteiger partial charge in [0.1, 0.15) is 0 Å². The molecular weight excluding hydrogens is 234 g/mol. The number of nitrogens with zero attached hydrogens (tertiary/aromatic N) is 1. The van der Waals surface area contributed by atoms with E-state index in [1.807, 2.05) is 0 Å². The van der Waals surface area contributed by atoms with Gasteiger partial charge in [0.15, 0.2) is 0 Å². The predicted molar refractivity (Wildman–Crippen MR) is 82.2 cm³/mol. The fourth-order valence-corrected chi connectivity index (χ4v) is 2.96. The number of hydrogen-bond acceptors (Lipinski definition) is 1. The van der Waals surface area contributed by atoms with E-state index in [0.29, 0.717) is 5.91 Å². The number of hydrogen-bond donors (Lipinski definition) is 0. The van der Waals surface area contributed by atoms with Crippen LogP contribution in [-0.2, 0) is 4.79 Å². The molecule has 112 valence electrons. The van der Waals surface area contributed by atoms with E-state index in [9.17, 15) is 4.79 Å². The molecule has 1 unspecified atom stereocenters. The molecule has 0 aromatic carbocycles. The maximum absolute atomic E-state index is 12.2. The van der Waals surface area contributed by atoms with Crippen molar-refractivity contribution in [3.05, 3.63) is 0 Å². The van der Waals surface area contributed by atoms with E-state index in [-0.39, 0.29) is 5.92 Å². The van der Waals surface area contributed by atoms with Crippen LogP contribution in [0.2, 0.25) is 0 Å². The maximum Gasteiger partial charge on any atom is 0.225 e. The van der Waals surface area contributed by atoms with Gasteiger partial charge in [-0.2, -0.15) is 0 Å². The SMILES string of the molecule is CCCCCCCCCC(C)C(=O)N1CCCCC1. The summed E-state index contributed by atoms with van der Waals surface area (Å²) >= 11 is 0. The average molecular weight is 267 g/mol. The van der Waals surface area contributed by atoms with Crippen LogP contribution in [0.4, 0.5) is 0 Å². The van der Waals surface area contributed by atoms with Gasteiger partial charge in [0.2, 0.25) is 5.91 Å². The summed E-state index contributed by atoms with van der Waals surface area (Å²) in [4.78, 5) is 14.3. The predicted octanol–water partition coefficient (Wildman–Crippen LogP) is 4.78. The van der Waals surface area contributed by atoms with E-state index in [4.69, 9.17) is 0 Å². The molecule has 1 heterocycles. The minimum absolute atomic E-state index is 0.244. The van der Waals surface area contributed by atoms with Gasteiger partial charge in [0.25, 0.3) is 0 Å². The number of unbranched alkanes of at least 4 members (excludes halogenated alkanes) is 6. The van der Waals surface area contributed by atoms with Crippen molar-refractivity contribution >= 4 is 5.91 Å². The molecule has 1 aliphatic heterocycles. The van der Waals surface area contributed by atoms with Crippen molar-refractivity contribution < 1.29 is 4.79 Å². The summed E-state index contributed by atoms with van der Waals surface area (Å²) in [6, 6.07) is 0. The molecule has 0 aromatic heterocycles. The fraction of sp³-hybridized carbons (Fsp3) is 0.941. The molecule has 1 rings (SSSR count). The lowest BCUT2D eigenvalue weighted by atomic mass is 9.99. The minimum atomic E-state index is 0.244. The number of rotatable bonds is 9. The van der Waals surface area contributed by atoms with Crippen LogP contribution in [0.5, 0.6) is 0 Å². The second-order valence-electron chi connectivity index (χ2n) is 6.20. The van der Waals surface area contributed by atoms with Crippen LogP contribution in [0, 0.1) is 5.92 Å². The summed E-state index contributed by atoms with van der Waals surface area (Å²) in [6.07, 6.45) is 14.1. The van der Waals surface area contributed by atoms with Crippen LogP contribution < -0.4 is 0 Å². The zero-order chi connectivity index (χ0) is 13.9. The number of carbonyl (C=O) groups excluding carboxylic acids is 1. The second-order valence-corrected chi connectivity index (χ2v) is 6.20.